The summed E-state index contributed by atoms with van der Waals surface area (Å²) >= 11 is 0. The van der Waals surface area contributed by atoms with Gasteiger partial charge in [0.25, 0.3) is 0 Å². The second kappa shape index (κ2) is 4.66. The molecule has 0 aliphatic carbocycles. The number of hydrazine groups is 1. The number of hydrogen-bond donors (Lipinski definition) is 2. The lowest BCUT2D eigenvalue weighted by Gasteiger charge is -2.36. The molecule has 2 nitrogen and oxygen atoms in total. The molecule has 2 N–H and O–H groups in total. The van der Waals surface area contributed by atoms with Crippen LogP contribution in [-0.2, 0) is 5.54 Å². The van der Waals surface area contributed by atoms with E-state index >= 15 is 0 Å². The monoisotopic (exact) mass is 244 g/mol. The Bertz CT molecular complexity index is 354. The Morgan fingerprint density at radius 2 is 1.76 bits per heavy atom. The molecule has 1 aliphatic heterocycles. The van der Waals surface area contributed by atoms with Crippen molar-refractivity contribution in [1.82, 2.24) is 10.9 Å². The van der Waals surface area contributed by atoms with Crippen LogP contribution in [0.1, 0.15) is 24.8 Å². The molecule has 17 heavy (non-hydrogen) atoms. The summed E-state index contributed by atoms with van der Waals surface area (Å²) in [7, 11) is 0. The van der Waals surface area contributed by atoms with Gasteiger partial charge in [0.05, 0.1) is 0 Å². The normalized spacial score (nSPS) is 26.5. The summed E-state index contributed by atoms with van der Waals surface area (Å²) in [4.78, 5) is 0. The van der Waals surface area contributed by atoms with E-state index in [1.54, 1.807) is 18.2 Å². The Balaban J connectivity index is 2.43. The number of rotatable bonds is 1. The van der Waals surface area contributed by atoms with Crippen LogP contribution in [0.15, 0.2) is 30.3 Å². The van der Waals surface area contributed by atoms with Crippen LogP contribution in [0.3, 0.4) is 0 Å². The highest BCUT2D eigenvalue weighted by molar-refractivity contribution is 5.26. The van der Waals surface area contributed by atoms with Gasteiger partial charge in [-0.2, -0.15) is 13.2 Å². The number of nitrogens with one attached hydrogen (secondary N) is 2. The first-order valence-corrected chi connectivity index (χ1v) is 5.68. The van der Waals surface area contributed by atoms with Crippen molar-refractivity contribution in [2.24, 2.45) is 0 Å². The van der Waals surface area contributed by atoms with Gasteiger partial charge < -0.3 is 0 Å². The van der Waals surface area contributed by atoms with Crippen molar-refractivity contribution in [2.45, 2.75) is 31.0 Å². The maximum Gasteiger partial charge on any atom is 0.412 e. The van der Waals surface area contributed by atoms with Crippen molar-refractivity contribution >= 4 is 0 Å². The van der Waals surface area contributed by atoms with Crippen LogP contribution in [0.5, 0.6) is 0 Å². The third-order valence-corrected chi connectivity index (χ3v) is 3.16. The lowest BCUT2D eigenvalue weighted by atomic mass is 9.85. The van der Waals surface area contributed by atoms with Crippen molar-refractivity contribution < 1.29 is 13.2 Å². The molecule has 0 amide bonds. The highest BCUT2D eigenvalue weighted by Gasteiger charge is 2.55. The van der Waals surface area contributed by atoms with Crippen LogP contribution in [0.25, 0.3) is 0 Å². The molecule has 94 valence electrons. The molecular weight excluding hydrogens is 229 g/mol. The topological polar surface area (TPSA) is 24.1 Å². The van der Waals surface area contributed by atoms with Crippen LogP contribution >= 0.6 is 0 Å². The highest BCUT2D eigenvalue weighted by atomic mass is 19.4. The van der Waals surface area contributed by atoms with Gasteiger partial charge in [0.1, 0.15) is 0 Å². The molecule has 1 heterocycles. The maximum atomic E-state index is 13.4. The summed E-state index contributed by atoms with van der Waals surface area (Å²) in [5.41, 5.74) is 3.45. The van der Waals surface area contributed by atoms with E-state index in [-0.39, 0.29) is 12.0 Å². The number of alkyl halides is 3. The summed E-state index contributed by atoms with van der Waals surface area (Å²) in [5, 5.41) is 0. The molecule has 0 spiro atoms. The summed E-state index contributed by atoms with van der Waals surface area (Å²) in [5.74, 6) is 0. The molecule has 0 aromatic heterocycles. The Hall–Kier alpha value is -1.07. The van der Waals surface area contributed by atoms with Gasteiger partial charge in [-0.05, 0) is 24.8 Å². The van der Waals surface area contributed by atoms with Gasteiger partial charge in [-0.1, -0.05) is 30.3 Å². The predicted molar refractivity (Wildman–Crippen MR) is 59.2 cm³/mol. The quantitative estimate of drug-likeness (QED) is 0.793. The first-order valence-electron chi connectivity index (χ1n) is 5.68. The van der Waals surface area contributed by atoms with Gasteiger partial charge >= 0.3 is 6.18 Å². The van der Waals surface area contributed by atoms with Gasteiger partial charge in [-0.15, -0.1) is 0 Å². The third kappa shape index (κ3) is 2.30. The average molecular weight is 244 g/mol. The Morgan fingerprint density at radius 3 is 2.41 bits per heavy atom. The third-order valence-electron chi connectivity index (χ3n) is 3.16. The van der Waals surface area contributed by atoms with Crippen LogP contribution < -0.4 is 10.9 Å². The van der Waals surface area contributed by atoms with E-state index in [9.17, 15) is 13.2 Å². The first kappa shape index (κ1) is 12.4. The molecule has 0 radical (unpaired) electrons. The van der Waals surface area contributed by atoms with Crippen molar-refractivity contribution in [3.63, 3.8) is 0 Å². The smallest absolute Gasteiger partial charge is 0.257 e. The summed E-state index contributed by atoms with van der Waals surface area (Å²) < 4.78 is 40.1. The molecule has 2 rings (SSSR count). The fraction of sp³-hybridized carbons (Fsp3) is 0.500. The van der Waals surface area contributed by atoms with E-state index < -0.39 is 11.7 Å². The zero-order valence-corrected chi connectivity index (χ0v) is 9.35. The van der Waals surface area contributed by atoms with E-state index in [1.165, 1.54) is 12.1 Å². The second-order valence-corrected chi connectivity index (χ2v) is 4.28. The fourth-order valence-electron chi connectivity index (χ4n) is 2.19. The molecule has 0 saturated carbocycles. The summed E-state index contributed by atoms with van der Waals surface area (Å²) in [6, 6.07) is 8.03. The predicted octanol–water partition coefficient (Wildman–Crippen LogP) is 2.72. The standard InChI is InChI=1S/C12H15F3N2/c13-12(14,15)11(8-4-5-9-16-17-11)10-6-2-1-3-7-10/h1-3,6-7,16-17H,4-5,8-9H2. The number of benzene rings is 1. The average Bonchev–Trinajstić information content (AvgIpc) is 2.55. The molecule has 1 aromatic carbocycles. The van der Waals surface area contributed by atoms with E-state index in [0.717, 1.165) is 6.42 Å². The summed E-state index contributed by atoms with van der Waals surface area (Å²) in [6.07, 6.45) is -2.95. The first-order chi connectivity index (χ1) is 8.06. The maximum absolute atomic E-state index is 13.4. The SMILES string of the molecule is FC(F)(F)C1(c2ccccc2)CCCCNN1. The van der Waals surface area contributed by atoms with E-state index in [4.69, 9.17) is 0 Å². The Labute approximate surface area is 98.2 Å². The van der Waals surface area contributed by atoms with Crippen molar-refractivity contribution in [3.8, 4) is 0 Å². The van der Waals surface area contributed by atoms with Gasteiger partial charge in [-0.3, -0.25) is 5.43 Å². The number of halogens is 3. The number of hydrogen-bond acceptors (Lipinski definition) is 2. The van der Waals surface area contributed by atoms with E-state index in [2.05, 4.69) is 10.9 Å². The van der Waals surface area contributed by atoms with Crippen LogP contribution in [-0.4, -0.2) is 12.7 Å². The Morgan fingerprint density at radius 1 is 1.06 bits per heavy atom. The van der Waals surface area contributed by atoms with Gasteiger partial charge in [0.2, 0.25) is 0 Å². The molecule has 1 fully saturated rings. The van der Waals surface area contributed by atoms with Gasteiger partial charge in [0.15, 0.2) is 5.54 Å². The van der Waals surface area contributed by atoms with E-state index in [0.29, 0.717) is 13.0 Å². The minimum Gasteiger partial charge on any atom is -0.257 e. The van der Waals surface area contributed by atoms with Gasteiger partial charge in [0, 0.05) is 6.54 Å². The molecule has 1 aromatic rings. The zero-order valence-electron chi connectivity index (χ0n) is 9.35. The lowest BCUT2D eigenvalue weighted by Crippen LogP contribution is -2.57. The van der Waals surface area contributed by atoms with Crippen LogP contribution in [0.2, 0.25) is 0 Å². The zero-order chi connectivity index (χ0) is 12.4. The van der Waals surface area contributed by atoms with Crippen molar-refractivity contribution in [1.29, 1.82) is 0 Å². The van der Waals surface area contributed by atoms with Crippen molar-refractivity contribution in [3.05, 3.63) is 35.9 Å². The molecule has 1 aliphatic rings. The van der Waals surface area contributed by atoms with Gasteiger partial charge in [-0.25, -0.2) is 5.43 Å². The molecule has 0 bridgehead atoms. The van der Waals surface area contributed by atoms with Crippen LogP contribution in [0, 0.1) is 0 Å². The molecule has 1 unspecified atom stereocenters. The second-order valence-electron chi connectivity index (χ2n) is 4.28. The largest absolute Gasteiger partial charge is 0.412 e. The molecule has 5 heteroatoms. The molecule has 1 saturated heterocycles. The molecular formula is C12H15F3N2. The minimum absolute atomic E-state index is 0.0630. The highest BCUT2D eigenvalue weighted by Crippen LogP contribution is 2.42. The summed E-state index contributed by atoms with van der Waals surface area (Å²) in [6.45, 7) is 0.560. The van der Waals surface area contributed by atoms with Crippen molar-refractivity contribution in [2.75, 3.05) is 6.54 Å². The Kier molecular flexibility index (Phi) is 3.40. The minimum atomic E-state index is -4.31. The lowest BCUT2D eigenvalue weighted by molar-refractivity contribution is -0.205. The van der Waals surface area contributed by atoms with E-state index in [1.807, 2.05) is 0 Å². The van der Waals surface area contributed by atoms with Crippen LogP contribution in [0.4, 0.5) is 13.2 Å². The fourth-order valence-corrected chi connectivity index (χ4v) is 2.19. The molecule has 1 atom stereocenters.